The summed E-state index contributed by atoms with van der Waals surface area (Å²) in [6.45, 7) is 1.96. The van der Waals surface area contributed by atoms with Crippen LogP contribution >= 0.6 is 0 Å². The molecule has 0 radical (unpaired) electrons. The van der Waals surface area contributed by atoms with Crippen molar-refractivity contribution in [1.82, 2.24) is 0 Å². The first-order chi connectivity index (χ1) is 10.1. The molecule has 1 N–H and O–H groups in total. The largest absolute Gasteiger partial charge is 0.496 e. The van der Waals surface area contributed by atoms with Crippen LogP contribution in [0.4, 0.5) is 0 Å². The summed E-state index contributed by atoms with van der Waals surface area (Å²) in [5, 5.41) is 9.36. The summed E-state index contributed by atoms with van der Waals surface area (Å²) >= 11 is 0. The van der Waals surface area contributed by atoms with Gasteiger partial charge in [-0.15, -0.1) is 0 Å². The number of para-hydroxylation sites is 1. The molecule has 0 heterocycles. The lowest BCUT2D eigenvalue weighted by Gasteiger charge is -2.17. The summed E-state index contributed by atoms with van der Waals surface area (Å²) in [5.41, 5.74) is 1.87. The van der Waals surface area contributed by atoms with Gasteiger partial charge in [-0.25, -0.2) is 4.79 Å². The van der Waals surface area contributed by atoms with E-state index in [0.717, 1.165) is 11.1 Å². The van der Waals surface area contributed by atoms with Gasteiger partial charge in [-0.2, -0.15) is 0 Å². The van der Waals surface area contributed by atoms with Gasteiger partial charge in [0, 0.05) is 6.42 Å². The van der Waals surface area contributed by atoms with Crippen molar-refractivity contribution < 1.29 is 19.4 Å². The third-order valence-corrected chi connectivity index (χ3v) is 3.14. The first kappa shape index (κ1) is 14.9. The molecule has 0 saturated carbocycles. The lowest BCUT2D eigenvalue weighted by molar-refractivity contribution is -0.145. The number of rotatable bonds is 6. The van der Waals surface area contributed by atoms with Gasteiger partial charge in [-0.3, -0.25) is 0 Å². The molecule has 21 heavy (non-hydrogen) atoms. The molecular formula is C17H18O4. The third-order valence-electron chi connectivity index (χ3n) is 3.14. The van der Waals surface area contributed by atoms with Gasteiger partial charge in [0.1, 0.15) is 11.5 Å². The van der Waals surface area contributed by atoms with Gasteiger partial charge in [0.05, 0.1) is 7.11 Å². The second kappa shape index (κ2) is 6.79. The van der Waals surface area contributed by atoms with Crippen LogP contribution in [0.5, 0.6) is 11.5 Å². The fraction of sp³-hybridized carbons (Fsp3) is 0.235. The van der Waals surface area contributed by atoms with Crippen LogP contribution < -0.4 is 9.47 Å². The van der Waals surface area contributed by atoms with Crippen LogP contribution in [0.25, 0.3) is 0 Å². The highest BCUT2D eigenvalue weighted by Gasteiger charge is 2.22. The molecule has 0 amide bonds. The van der Waals surface area contributed by atoms with Crippen molar-refractivity contribution in [3.05, 3.63) is 59.7 Å². The number of aryl methyl sites for hydroxylation is 1. The predicted molar refractivity (Wildman–Crippen MR) is 79.9 cm³/mol. The van der Waals surface area contributed by atoms with Gasteiger partial charge in [0.25, 0.3) is 0 Å². The van der Waals surface area contributed by atoms with Crippen molar-refractivity contribution in [3.63, 3.8) is 0 Å². The Morgan fingerprint density at radius 3 is 2.52 bits per heavy atom. The Labute approximate surface area is 123 Å². The molecule has 0 saturated heterocycles. The van der Waals surface area contributed by atoms with E-state index in [4.69, 9.17) is 9.47 Å². The molecule has 0 aromatic heterocycles. The van der Waals surface area contributed by atoms with E-state index in [1.54, 1.807) is 19.2 Å². The maximum atomic E-state index is 11.4. The number of hydrogen-bond donors (Lipinski definition) is 1. The first-order valence-corrected chi connectivity index (χ1v) is 6.68. The molecule has 4 nitrogen and oxygen atoms in total. The standard InChI is InChI=1S/C17H18O4/c1-12-8-9-15(20-2)13(10-12)11-16(17(18)19)21-14-6-4-3-5-7-14/h3-10,16H,11H2,1-2H3,(H,18,19)/t16-/m0/s1. The fourth-order valence-electron chi connectivity index (χ4n) is 2.11. The molecule has 0 unspecified atom stereocenters. The number of benzene rings is 2. The van der Waals surface area contributed by atoms with Gasteiger partial charge in [-0.05, 0) is 30.7 Å². The third kappa shape index (κ3) is 3.99. The van der Waals surface area contributed by atoms with Crippen LogP contribution in [0.3, 0.4) is 0 Å². The summed E-state index contributed by atoms with van der Waals surface area (Å²) in [4.78, 5) is 11.4. The molecule has 1 atom stereocenters. The molecule has 2 aromatic carbocycles. The minimum atomic E-state index is -0.998. The SMILES string of the molecule is COc1ccc(C)cc1C[C@H](Oc1ccccc1)C(=O)O. The average molecular weight is 286 g/mol. The Morgan fingerprint density at radius 2 is 1.90 bits per heavy atom. The molecule has 4 heteroatoms. The molecule has 0 spiro atoms. The molecule has 0 fully saturated rings. The van der Waals surface area contributed by atoms with Gasteiger partial charge in [0.2, 0.25) is 0 Å². The Hall–Kier alpha value is -2.49. The summed E-state index contributed by atoms with van der Waals surface area (Å²) in [6, 6.07) is 14.6. The van der Waals surface area contributed by atoms with Crippen LogP contribution in [-0.2, 0) is 11.2 Å². The summed E-state index contributed by atoms with van der Waals surface area (Å²) in [5.74, 6) is 0.211. The highest BCUT2D eigenvalue weighted by atomic mass is 16.5. The second-order valence-corrected chi connectivity index (χ2v) is 4.78. The number of aliphatic carboxylic acids is 1. The van der Waals surface area contributed by atoms with Crippen LogP contribution in [0, 0.1) is 6.92 Å². The smallest absolute Gasteiger partial charge is 0.345 e. The van der Waals surface area contributed by atoms with Gasteiger partial charge < -0.3 is 14.6 Å². The number of methoxy groups -OCH3 is 1. The molecule has 110 valence electrons. The average Bonchev–Trinajstić information content (AvgIpc) is 2.48. The number of ether oxygens (including phenoxy) is 2. The number of hydrogen-bond acceptors (Lipinski definition) is 3. The van der Waals surface area contributed by atoms with E-state index in [2.05, 4.69) is 0 Å². The Kier molecular flexibility index (Phi) is 4.82. The number of carboxylic acid groups (broad SMARTS) is 1. The van der Waals surface area contributed by atoms with Crippen LogP contribution in [0.2, 0.25) is 0 Å². The maximum absolute atomic E-state index is 11.4. The lowest BCUT2D eigenvalue weighted by atomic mass is 10.0. The second-order valence-electron chi connectivity index (χ2n) is 4.78. The zero-order chi connectivity index (χ0) is 15.2. The molecular weight excluding hydrogens is 268 g/mol. The molecule has 2 rings (SSSR count). The van der Waals surface area contributed by atoms with Gasteiger partial charge >= 0.3 is 5.97 Å². The summed E-state index contributed by atoms with van der Waals surface area (Å²) < 4.78 is 10.8. The van der Waals surface area contributed by atoms with Gasteiger partial charge in [0.15, 0.2) is 6.10 Å². The van der Waals surface area contributed by atoms with Crippen LogP contribution in [0.1, 0.15) is 11.1 Å². The van der Waals surface area contributed by atoms with E-state index >= 15 is 0 Å². The monoisotopic (exact) mass is 286 g/mol. The van der Waals surface area contributed by atoms with E-state index < -0.39 is 12.1 Å². The summed E-state index contributed by atoms with van der Waals surface area (Å²) in [7, 11) is 1.57. The Morgan fingerprint density at radius 1 is 1.19 bits per heavy atom. The Balaban J connectivity index is 2.20. The Bertz CT molecular complexity index is 607. The molecule has 0 aliphatic carbocycles. The maximum Gasteiger partial charge on any atom is 0.345 e. The van der Waals surface area contributed by atoms with Crippen molar-refractivity contribution in [2.75, 3.05) is 7.11 Å². The predicted octanol–water partition coefficient (Wildman–Crippen LogP) is 3.08. The van der Waals surface area contributed by atoms with Crippen LogP contribution in [-0.4, -0.2) is 24.3 Å². The van der Waals surface area contributed by atoms with E-state index in [1.165, 1.54) is 0 Å². The molecule has 2 aromatic rings. The zero-order valence-corrected chi connectivity index (χ0v) is 12.1. The van der Waals surface area contributed by atoms with Gasteiger partial charge in [-0.1, -0.05) is 35.9 Å². The van der Waals surface area contributed by atoms with E-state index in [0.29, 0.717) is 11.5 Å². The fourth-order valence-corrected chi connectivity index (χ4v) is 2.11. The molecule has 0 aliphatic rings. The topological polar surface area (TPSA) is 55.8 Å². The molecule has 0 aliphatic heterocycles. The van der Waals surface area contributed by atoms with Crippen molar-refractivity contribution in [1.29, 1.82) is 0 Å². The normalized spacial score (nSPS) is 11.7. The molecule has 0 bridgehead atoms. The highest BCUT2D eigenvalue weighted by Crippen LogP contribution is 2.23. The highest BCUT2D eigenvalue weighted by molar-refractivity contribution is 5.73. The first-order valence-electron chi connectivity index (χ1n) is 6.68. The zero-order valence-electron chi connectivity index (χ0n) is 12.1. The lowest BCUT2D eigenvalue weighted by Crippen LogP contribution is -2.29. The van der Waals surface area contributed by atoms with Crippen LogP contribution in [0.15, 0.2) is 48.5 Å². The number of carbonyl (C=O) groups is 1. The minimum absolute atomic E-state index is 0.245. The van der Waals surface area contributed by atoms with Crippen molar-refractivity contribution in [3.8, 4) is 11.5 Å². The van der Waals surface area contributed by atoms with Crippen molar-refractivity contribution >= 4 is 5.97 Å². The van der Waals surface area contributed by atoms with E-state index in [1.807, 2.05) is 43.3 Å². The van der Waals surface area contributed by atoms with E-state index in [-0.39, 0.29) is 6.42 Å². The van der Waals surface area contributed by atoms with E-state index in [9.17, 15) is 9.90 Å². The number of carboxylic acids is 1. The minimum Gasteiger partial charge on any atom is -0.496 e. The van der Waals surface area contributed by atoms with Crippen molar-refractivity contribution in [2.24, 2.45) is 0 Å². The summed E-state index contributed by atoms with van der Waals surface area (Å²) in [6.07, 6.45) is -0.710. The quantitative estimate of drug-likeness (QED) is 0.886. The van der Waals surface area contributed by atoms with Crippen molar-refractivity contribution in [2.45, 2.75) is 19.4 Å².